The van der Waals surface area contributed by atoms with Gasteiger partial charge in [0.15, 0.2) is 0 Å². The summed E-state index contributed by atoms with van der Waals surface area (Å²) in [6.07, 6.45) is 7.95. The molecular weight excluding hydrogens is 595 g/mol. The quantitative estimate of drug-likeness (QED) is 0.371. The van der Waals surface area contributed by atoms with Crippen molar-refractivity contribution in [2.75, 3.05) is 13.2 Å². The molecule has 9 heteroatoms. The third-order valence-electron chi connectivity index (χ3n) is 3.35. The molecule has 0 saturated carbocycles. The minimum absolute atomic E-state index is 0. The van der Waals surface area contributed by atoms with Crippen molar-refractivity contribution >= 4 is 12.0 Å². The fraction of sp³-hybridized carbons (Fsp3) is 0.556. The first-order valence-electron chi connectivity index (χ1n) is 8.51. The van der Waals surface area contributed by atoms with Gasteiger partial charge in [0, 0.05) is 61.7 Å². The monoisotopic (exact) mass is 629 g/mol. The number of aromatic nitrogens is 2. The van der Waals surface area contributed by atoms with Gasteiger partial charge < -0.3 is 29.5 Å². The van der Waals surface area contributed by atoms with E-state index in [2.05, 4.69) is 21.6 Å². The number of amides is 1. The summed E-state index contributed by atoms with van der Waals surface area (Å²) in [5.41, 5.74) is -0.0123. The van der Waals surface area contributed by atoms with E-state index in [0.717, 1.165) is 0 Å². The van der Waals surface area contributed by atoms with Gasteiger partial charge in [0.25, 0.3) is 5.69 Å². The number of rotatable bonds is 6. The summed E-state index contributed by atoms with van der Waals surface area (Å²) >= 11 is 0. The maximum absolute atomic E-state index is 11.9. The van der Waals surface area contributed by atoms with E-state index in [4.69, 9.17) is 7.54 Å². The maximum Gasteiger partial charge on any atom is 0.260 e. The van der Waals surface area contributed by atoms with Crippen LogP contribution in [0.1, 0.15) is 49.3 Å². The Labute approximate surface area is 205 Å². The van der Waals surface area contributed by atoms with Crippen LogP contribution in [0, 0.1) is 18.5 Å². The number of nitrogens with zero attached hydrogens (tertiary/aromatic N) is 2. The molecule has 0 aliphatic carbocycles. The average molecular weight is 629 g/mol. The van der Waals surface area contributed by atoms with Gasteiger partial charge in [0.05, 0.1) is 12.7 Å². The second kappa shape index (κ2) is 16.7. The molecule has 1 aliphatic rings. The molecule has 27 heavy (non-hydrogen) atoms. The Morgan fingerprint density at radius 2 is 2.30 bits per heavy atom. The molecule has 2 heterocycles. The molecule has 1 fully saturated rings. The zero-order chi connectivity index (χ0) is 18.8. The Kier molecular flexibility index (Phi) is 18.0. The summed E-state index contributed by atoms with van der Waals surface area (Å²) in [7, 11) is 1.25. The molecule has 2 rings (SSSR count). The van der Waals surface area contributed by atoms with Gasteiger partial charge in [-0.05, 0) is 25.4 Å². The first-order valence-corrected chi connectivity index (χ1v) is 7.10. The minimum atomic E-state index is -0.587. The topological polar surface area (TPSA) is 93.4 Å². The van der Waals surface area contributed by atoms with Crippen LogP contribution in [0.2, 0.25) is 0 Å². The molecule has 1 aromatic rings. The van der Waals surface area contributed by atoms with Gasteiger partial charge in [0.2, 0.25) is 7.34 Å². The number of ether oxygens (including phenoxy) is 1. The van der Waals surface area contributed by atoms with Crippen molar-refractivity contribution in [3.05, 3.63) is 40.9 Å². The van der Waals surface area contributed by atoms with Crippen LogP contribution in [0.4, 0.5) is 0 Å². The Bertz CT molecular complexity index is 650. The molecule has 2 N–H and O–H groups in total. The molecule has 7 nitrogen and oxygen atoms in total. The van der Waals surface area contributed by atoms with Crippen molar-refractivity contribution in [2.24, 2.45) is 5.92 Å². The van der Waals surface area contributed by atoms with Crippen LogP contribution in [-0.4, -0.2) is 41.3 Å². The van der Waals surface area contributed by atoms with Crippen LogP contribution in [0.15, 0.2) is 17.1 Å². The smallest absolute Gasteiger partial charge is 0.260 e. The van der Waals surface area contributed by atoms with Gasteiger partial charge in [0.1, 0.15) is 0 Å². The zero-order valence-corrected chi connectivity index (χ0v) is 20.2. The third kappa shape index (κ3) is 9.71. The van der Waals surface area contributed by atoms with Crippen molar-refractivity contribution in [3.63, 3.8) is 0 Å². The maximum atomic E-state index is 11.9. The molecule has 1 unspecified atom stereocenters. The number of likely N-dealkylation sites (N-methyl/N-ethyl adjacent to an activating group) is 1. The molecule has 1 amide bonds. The van der Waals surface area contributed by atoms with E-state index in [9.17, 15) is 9.59 Å². The number of aliphatic hydroxyl groups excluding tert-OH is 1. The third-order valence-corrected chi connectivity index (χ3v) is 3.35. The van der Waals surface area contributed by atoms with Crippen molar-refractivity contribution < 1.29 is 69.8 Å². The molecule has 0 bridgehead atoms. The van der Waals surface area contributed by atoms with Gasteiger partial charge in [-0.2, -0.15) is 0 Å². The van der Waals surface area contributed by atoms with Crippen LogP contribution in [-0.2, 0) is 63.3 Å². The number of aliphatic hydroxyl groups is 1. The SMILES string of the molecule is C.C.[2H]OC[C@H]1O[C@@H](n2cc(/C=C/C(=O)NCC)[c-]nc2=O)[CH-]C1C.[3H]C.[W].[Y]. The van der Waals surface area contributed by atoms with E-state index in [-0.39, 0.29) is 93.2 Å². The van der Waals surface area contributed by atoms with E-state index < -0.39 is 11.9 Å². The predicted molar refractivity (Wildman–Crippen MR) is 99.7 cm³/mol. The van der Waals surface area contributed by atoms with Crippen LogP contribution in [0.25, 0.3) is 6.08 Å². The molecule has 1 aromatic heterocycles. The molecule has 1 saturated heterocycles. The molecule has 1 aliphatic heterocycles. The largest absolute Gasteiger partial charge is 0.394 e. The Balaban J connectivity index is -0.000000505. The number of nitrogens with one attached hydrogen (secondary N) is 1. The number of hydrogen-bond acceptors (Lipinski definition) is 5. The Hall–Kier alpha value is -0.198. The molecule has 3 atom stereocenters. The first kappa shape index (κ1) is 29.0. The molecular formula is C18H31N3O4WY-2. The average Bonchev–Trinajstić information content (AvgIpc) is 2.97. The summed E-state index contributed by atoms with van der Waals surface area (Å²) in [4.78, 5) is 27.0. The number of hydrogen-bond donors (Lipinski definition) is 2. The molecule has 1 radical (unpaired) electrons. The van der Waals surface area contributed by atoms with Crippen molar-refractivity contribution in [1.82, 2.24) is 14.9 Å². The van der Waals surface area contributed by atoms with Crippen LogP contribution in [0.3, 0.4) is 0 Å². The van der Waals surface area contributed by atoms with Crippen LogP contribution < -0.4 is 11.0 Å². The van der Waals surface area contributed by atoms with Gasteiger partial charge in [-0.3, -0.25) is 11.2 Å². The second-order valence-corrected chi connectivity index (χ2v) is 5.01. The standard InChI is InChI=1S/C15H19N3O4.3CH4.W.Y/c1-3-16-13(20)5-4-11-7-17-15(21)18(8-11)14-6-10(2)12(9-19)22-14;;;;;/h4-6,8,10,12,14,19H,3,9H2,1-2H3,(H,16,20);3*1H4;;/q-2;;;;;/b5-4+;;;;;/t10?,12-,14-;;;;;/m1...../s1/i19D;1T;;;;. The van der Waals surface area contributed by atoms with Gasteiger partial charge in [-0.1, -0.05) is 35.4 Å². The normalized spacial score (nSPS) is 20.9. The summed E-state index contributed by atoms with van der Waals surface area (Å²) in [5, 5.41) is 6.99. The zero-order valence-electron chi connectivity index (χ0n) is 16.5. The van der Waals surface area contributed by atoms with Crippen LogP contribution >= 0.6 is 0 Å². The fourth-order valence-corrected chi connectivity index (χ4v) is 2.15. The Morgan fingerprint density at radius 3 is 2.89 bits per heavy atom. The van der Waals surface area contributed by atoms with Crippen molar-refractivity contribution in [3.8, 4) is 0 Å². The van der Waals surface area contributed by atoms with E-state index in [1.54, 1.807) is 0 Å². The first-order chi connectivity index (χ1) is 12.0. The van der Waals surface area contributed by atoms with Crippen molar-refractivity contribution in [1.29, 1.82) is 1.43 Å². The molecule has 153 valence electrons. The number of carbonyl (C=O) groups is 1. The van der Waals surface area contributed by atoms with E-state index in [1.165, 1.54) is 30.3 Å². The minimum Gasteiger partial charge on any atom is -0.394 e. The summed E-state index contributed by atoms with van der Waals surface area (Å²) in [6.45, 7) is 4.41. The van der Waals surface area contributed by atoms with Gasteiger partial charge >= 0.3 is 0 Å². The van der Waals surface area contributed by atoms with Gasteiger partial charge in [-0.25, -0.2) is 0 Å². The number of carbonyl (C=O) groups excluding carboxylic acids is 1. The molecule has 0 aromatic carbocycles. The predicted octanol–water partition coefficient (Wildman–Crippen LogP) is 1.83. The van der Waals surface area contributed by atoms with E-state index in [1.807, 2.05) is 20.3 Å². The van der Waals surface area contributed by atoms with E-state index >= 15 is 0 Å². The van der Waals surface area contributed by atoms with Crippen molar-refractivity contribution in [2.45, 2.75) is 48.4 Å². The van der Waals surface area contributed by atoms with Gasteiger partial charge in [-0.15, -0.1) is 17.6 Å². The Morgan fingerprint density at radius 1 is 1.63 bits per heavy atom. The molecule has 0 spiro atoms. The summed E-state index contributed by atoms with van der Waals surface area (Å²) in [6, 6.07) is 0. The summed E-state index contributed by atoms with van der Waals surface area (Å²) in [5.74, 6) is -0.195. The van der Waals surface area contributed by atoms with E-state index in [0.29, 0.717) is 12.1 Å². The second-order valence-electron chi connectivity index (χ2n) is 5.01. The summed E-state index contributed by atoms with van der Waals surface area (Å²) < 4.78 is 19.6. The van der Waals surface area contributed by atoms with Crippen LogP contribution in [0.5, 0.6) is 0 Å². The fourth-order valence-electron chi connectivity index (χ4n) is 2.15.